The molecule has 6 heteroatoms. The molecule has 21 heavy (non-hydrogen) atoms. The number of carbonyl (C=O) groups is 1. The van der Waals surface area contributed by atoms with E-state index in [-0.39, 0.29) is 5.97 Å². The van der Waals surface area contributed by atoms with Gasteiger partial charge < -0.3 is 20.5 Å². The number of methoxy groups -OCH3 is 1. The van der Waals surface area contributed by atoms with Gasteiger partial charge in [-0.05, 0) is 31.6 Å². The van der Waals surface area contributed by atoms with Crippen molar-refractivity contribution in [1.82, 2.24) is 0 Å². The van der Waals surface area contributed by atoms with Crippen LogP contribution in [0, 0.1) is 5.41 Å². The molecule has 0 aliphatic heterocycles. The van der Waals surface area contributed by atoms with E-state index >= 15 is 0 Å². The van der Waals surface area contributed by atoms with Gasteiger partial charge in [0.1, 0.15) is 15.6 Å². The van der Waals surface area contributed by atoms with Crippen LogP contribution in [0.25, 0.3) is 0 Å². The first-order valence-electron chi connectivity index (χ1n) is 7.44. The Hall–Kier alpha value is -1.43. The lowest BCUT2D eigenvalue weighted by molar-refractivity contribution is 0.0533. The zero-order chi connectivity index (χ0) is 15.5. The quantitative estimate of drug-likeness (QED) is 0.754. The minimum Gasteiger partial charge on any atom is -0.492 e. The van der Waals surface area contributed by atoms with Gasteiger partial charge >= 0.3 is 5.97 Å². The third-order valence-electron chi connectivity index (χ3n) is 4.35. The molecule has 5 nitrogen and oxygen atoms in total. The van der Waals surface area contributed by atoms with Gasteiger partial charge in [0.15, 0.2) is 5.75 Å². The number of nitrogens with one attached hydrogen (secondary N) is 1. The summed E-state index contributed by atoms with van der Waals surface area (Å²) in [6.07, 6.45) is 4.97. The molecule has 0 unspecified atom stereocenters. The van der Waals surface area contributed by atoms with Gasteiger partial charge in [-0.2, -0.15) is 0 Å². The Morgan fingerprint density at radius 1 is 1.43 bits per heavy atom. The van der Waals surface area contributed by atoms with Crippen LogP contribution in [-0.2, 0) is 4.74 Å². The Bertz CT molecular complexity index is 504. The molecule has 2 rings (SSSR count). The highest BCUT2D eigenvalue weighted by Crippen LogP contribution is 2.47. The molecule has 1 aromatic heterocycles. The molecule has 1 saturated carbocycles. The fourth-order valence-corrected chi connectivity index (χ4v) is 3.68. The van der Waals surface area contributed by atoms with E-state index in [0.717, 1.165) is 18.0 Å². The van der Waals surface area contributed by atoms with Gasteiger partial charge in [-0.3, -0.25) is 0 Å². The lowest BCUT2D eigenvalue weighted by atomic mass is 9.67. The fourth-order valence-electron chi connectivity index (χ4n) is 2.70. The van der Waals surface area contributed by atoms with Crippen molar-refractivity contribution < 1.29 is 14.3 Å². The normalized spacial score (nSPS) is 16.1. The van der Waals surface area contributed by atoms with E-state index in [2.05, 4.69) is 12.2 Å². The molecule has 1 aromatic rings. The molecule has 0 atom stereocenters. The van der Waals surface area contributed by atoms with Crippen molar-refractivity contribution >= 4 is 28.0 Å². The van der Waals surface area contributed by atoms with Crippen molar-refractivity contribution in [2.24, 2.45) is 5.41 Å². The second kappa shape index (κ2) is 6.56. The van der Waals surface area contributed by atoms with E-state index in [0.29, 0.717) is 28.3 Å². The van der Waals surface area contributed by atoms with Gasteiger partial charge in [0.25, 0.3) is 0 Å². The van der Waals surface area contributed by atoms with E-state index in [1.807, 2.05) is 0 Å². The Morgan fingerprint density at radius 3 is 2.62 bits per heavy atom. The number of hydrogen-bond donors (Lipinski definition) is 2. The standard InChI is InChI=1S/C15H24N2O3S/c1-4-15(7-6-8-15)9-17-13-11(19-3)10(16)12(21-13)14(18)20-5-2/h17H,4-9,16H2,1-3H3. The number of nitrogen functional groups attached to an aromatic ring is 1. The number of carbonyl (C=O) groups excluding carboxylic acids is 1. The smallest absolute Gasteiger partial charge is 0.350 e. The number of hydrogen-bond acceptors (Lipinski definition) is 6. The first kappa shape index (κ1) is 15.9. The van der Waals surface area contributed by atoms with Gasteiger partial charge in [0.05, 0.1) is 13.7 Å². The van der Waals surface area contributed by atoms with Crippen molar-refractivity contribution in [2.45, 2.75) is 39.5 Å². The molecule has 3 N–H and O–H groups in total. The highest BCUT2D eigenvalue weighted by molar-refractivity contribution is 7.19. The van der Waals surface area contributed by atoms with E-state index in [1.54, 1.807) is 14.0 Å². The minimum absolute atomic E-state index is 0.334. The number of esters is 1. The first-order chi connectivity index (χ1) is 10.1. The molecule has 0 amide bonds. The maximum absolute atomic E-state index is 11.9. The summed E-state index contributed by atoms with van der Waals surface area (Å²) in [5.41, 5.74) is 6.76. The number of thiophene rings is 1. The van der Waals surface area contributed by atoms with Crippen LogP contribution in [0.4, 0.5) is 10.7 Å². The Morgan fingerprint density at radius 2 is 2.14 bits per heavy atom. The molecular weight excluding hydrogens is 288 g/mol. The molecule has 0 bridgehead atoms. The zero-order valence-corrected chi connectivity index (χ0v) is 13.8. The first-order valence-corrected chi connectivity index (χ1v) is 8.25. The summed E-state index contributed by atoms with van der Waals surface area (Å²) in [6.45, 7) is 5.23. The van der Waals surface area contributed by atoms with Gasteiger partial charge in [-0.15, -0.1) is 11.3 Å². The summed E-state index contributed by atoms with van der Waals surface area (Å²) in [7, 11) is 1.57. The van der Waals surface area contributed by atoms with E-state index in [1.165, 1.54) is 30.6 Å². The maximum atomic E-state index is 11.9. The summed E-state index contributed by atoms with van der Waals surface area (Å²) in [5, 5.41) is 4.24. The fraction of sp³-hybridized carbons (Fsp3) is 0.667. The van der Waals surface area contributed by atoms with Crippen LogP contribution in [0.15, 0.2) is 0 Å². The van der Waals surface area contributed by atoms with Crippen molar-refractivity contribution in [1.29, 1.82) is 0 Å². The van der Waals surface area contributed by atoms with Crippen molar-refractivity contribution in [2.75, 3.05) is 31.3 Å². The average Bonchev–Trinajstić information content (AvgIpc) is 2.75. The summed E-state index contributed by atoms with van der Waals surface area (Å²) in [5.74, 6) is 0.161. The minimum atomic E-state index is -0.389. The summed E-state index contributed by atoms with van der Waals surface area (Å²) >= 11 is 1.31. The third-order valence-corrected chi connectivity index (χ3v) is 5.48. The molecule has 118 valence electrons. The lowest BCUT2D eigenvalue weighted by Crippen LogP contribution is -2.35. The van der Waals surface area contributed by atoms with Crippen LogP contribution in [-0.4, -0.2) is 26.2 Å². The SMILES string of the molecule is CCOC(=O)c1sc(NCC2(CC)CCC2)c(OC)c1N. The molecule has 1 aliphatic carbocycles. The monoisotopic (exact) mass is 312 g/mol. The van der Waals surface area contributed by atoms with Crippen molar-refractivity contribution in [3.63, 3.8) is 0 Å². The van der Waals surface area contributed by atoms with Gasteiger partial charge in [0, 0.05) is 6.54 Å². The summed E-state index contributed by atoms with van der Waals surface area (Å²) in [6, 6.07) is 0. The van der Waals surface area contributed by atoms with Crippen LogP contribution in [0.5, 0.6) is 5.75 Å². The predicted octanol–water partition coefficient (Wildman–Crippen LogP) is 3.51. The number of ether oxygens (including phenoxy) is 2. The Balaban J connectivity index is 2.15. The summed E-state index contributed by atoms with van der Waals surface area (Å²) in [4.78, 5) is 12.3. The van der Waals surface area contributed by atoms with E-state index in [9.17, 15) is 4.79 Å². The largest absolute Gasteiger partial charge is 0.492 e. The topological polar surface area (TPSA) is 73.6 Å². The van der Waals surface area contributed by atoms with Crippen molar-refractivity contribution in [3.8, 4) is 5.75 Å². The number of rotatable bonds is 7. The lowest BCUT2D eigenvalue weighted by Gasteiger charge is -2.41. The highest BCUT2D eigenvalue weighted by atomic mass is 32.1. The molecule has 0 radical (unpaired) electrons. The van der Waals surface area contributed by atoms with Crippen molar-refractivity contribution in [3.05, 3.63) is 4.88 Å². The molecule has 0 saturated heterocycles. The molecule has 1 fully saturated rings. The second-order valence-corrected chi connectivity index (χ2v) is 6.51. The number of nitrogens with two attached hydrogens (primary N) is 1. The van der Waals surface area contributed by atoms with Crippen LogP contribution >= 0.6 is 11.3 Å². The van der Waals surface area contributed by atoms with Crippen LogP contribution in [0.2, 0.25) is 0 Å². The van der Waals surface area contributed by atoms with Gasteiger partial charge in [0.2, 0.25) is 0 Å². The average molecular weight is 312 g/mol. The second-order valence-electron chi connectivity index (χ2n) is 5.49. The zero-order valence-electron chi connectivity index (χ0n) is 13.0. The number of anilines is 2. The Kier molecular flexibility index (Phi) is 4.98. The van der Waals surface area contributed by atoms with E-state index in [4.69, 9.17) is 15.2 Å². The van der Waals surface area contributed by atoms with E-state index < -0.39 is 0 Å². The molecular formula is C15H24N2O3S. The van der Waals surface area contributed by atoms with Crippen LogP contribution < -0.4 is 15.8 Å². The van der Waals surface area contributed by atoms with Gasteiger partial charge in [-0.25, -0.2) is 4.79 Å². The van der Waals surface area contributed by atoms with Crippen LogP contribution in [0.3, 0.4) is 0 Å². The highest BCUT2D eigenvalue weighted by Gasteiger charge is 2.35. The molecule has 0 aromatic carbocycles. The van der Waals surface area contributed by atoms with Gasteiger partial charge in [-0.1, -0.05) is 13.3 Å². The molecule has 1 heterocycles. The Labute approximate surface area is 129 Å². The molecule has 1 aliphatic rings. The molecule has 0 spiro atoms. The van der Waals surface area contributed by atoms with Crippen LogP contribution in [0.1, 0.15) is 49.2 Å². The predicted molar refractivity (Wildman–Crippen MR) is 86.3 cm³/mol. The summed E-state index contributed by atoms with van der Waals surface area (Å²) < 4.78 is 10.4. The maximum Gasteiger partial charge on any atom is 0.350 e. The third kappa shape index (κ3) is 3.10.